The Morgan fingerprint density at radius 2 is 1.18 bits per heavy atom. The van der Waals surface area contributed by atoms with Crippen LogP contribution in [0.25, 0.3) is 0 Å². The minimum absolute atomic E-state index is 0.341. The first-order valence-electron chi connectivity index (χ1n) is 11.4. The molecule has 0 aliphatic heterocycles. The highest BCUT2D eigenvalue weighted by atomic mass is 16.5. The summed E-state index contributed by atoms with van der Waals surface area (Å²) < 4.78 is 11.9. The Hall–Kier alpha value is -3.56. The van der Waals surface area contributed by atoms with Gasteiger partial charge in [0.15, 0.2) is 11.5 Å². The van der Waals surface area contributed by atoms with E-state index in [-0.39, 0.29) is 5.41 Å². The van der Waals surface area contributed by atoms with Crippen molar-refractivity contribution in [1.82, 2.24) is 0 Å². The predicted octanol–water partition coefficient (Wildman–Crippen LogP) is 6.00. The Morgan fingerprint density at radius 3 is 1.64 bits per heavy atom. The molecule has 0 aromatic heterocycles. The first-order valence-corrected chi connectivity index (χ1v) is 11.4. The lowest BCUT2D eigenvalue weighted by molar-refractivity contribution is 0.270. The molecule has 0 radical (unpaired) electrons. The van der Waals surface area contributed by atoms with E-state index in [0.717, 1.165) is 29.9 Å². The number of nitrogens with two attached hydrogens (primary N) is 1. The highest BCUT2D eigenvalue weighted by Gasteiger charge is 2.36. The minimum Gasteiger partial charge on any atom is -0.493 e. The molecule has 0 aliphatic carbocycles. The molecule has 4 rings (SSSR count). The van der Waals surface area contributed by atoms with Crippen LogP contribution in [-0.2, 0) is 11.8 Å². The number of benzene rings is 4. The molecular weight excluding hydrogens is 406 g/mol. The summed E-state index contributed by atoms with van der Waals surface area (Å²) in [5, 5.41) is 0. The van der Waals surface area contributed by atoms with Crippen LogP contribution in [0.3, 0.4) is 0 Å². The van der Waals surface area contributed by atoms with Gasteiger partial charge in [0.1, 0.15) is 0 Å². The van der Waals surface area contributed by atoms with Gasteiger partial charge in [-0.05, 0) is 53.8 Å². The Kier molecular flexibility index (Phi) is 7.43. The van der Waals surface area contributed by atoms with E-state index in [1.165, 1.54) is 16.7 Å². The van der Waals surface area contributed by atoms with E-state index < -0.39 is 0 Å². The molecule has 2 N–H and O–H groups in total. The first-order chi connectivity index (χ1) is 16.3. The lowest BCUT2D eigenvalue weighted by atomic mass is 9.67. The fourth-order valence-electron chi connectivity index (χ4n) is 4.57. The third-order valence-corrected chi connectivity index (χ3v) is 6.20. The van der Waals surface area contributed by atoms with E-state index in [2.05, 4.69) is 91.0 Å². The van der Waals surface area contributed by atoms with Gasteiger partial charge in [-0.2, -0.15) is 0 Å². The van der Waals surface area contributed by atoms with Gasteiger partial charge in [0.05, 0.1) is 13.7 Å². The molecule has 0 saturated heterocycles. The quantitative estimate of drug-likeness (QED) is 0.310. The van der Waals surface area contributed by atoms with Crippen molar-refractivity contribution in [3.05, 3.63) is 131 Å². The van der Waals surface area contributed by atoms with Crippen molar-refractivity contribution in [2.24, 2.45) is 5.73 Å². The molecule has 4 aromatic rings. The summed E-state index contributed by atoms with van der Waals surface area (Å²) in [5.74, 6) is 1.49. The Balaban J connectivity index is 1.73. The van der Waals surface area contributed by atoms with Crippen molar-refractivity contribution in [2.45, 2.75) is 18.3 Å². The zero-order valence-corrected chi connectivity index (χ0v) is 19.1. The maximum absolute atomic E-state index is 6.37. The van der Waals surface area contributed by atoms with Crippen molar-refractivity contribution in [1.29, 1.82) is 0 Å². The monoisotopic (exact) mass is 437 g/mol. The number of rotatable bonds is 10. The summed E-state index contributed by atoms with van der Waals surface area (Å²) in [6.07, 6.45) is 1.58. The maximum Gasteiger partial charge on any atom is 0.161 e. The number of methoxy groups -OCH3 is 1. The van der Waals surface area contributed by atoms with Crippen molar-refractivity contribution in [3.8, 4) is 11.5 Å². The molecule has 0 unspecified atom stereocenters. The van der Waals surface area contributed by atoms with E-state index in [1.807, 2.05) is 18.2 Å². The Bertz CT molecular complexity index is 1030. The first kappa shape index (κ1) is 22.6. The smallest absolute Gasteiger partial charge is 0.161 e. The van der Waals surface area contributed by atoms with Crippen molar-refractivity contribution in [3.63, 3.8) is 0 Å². The second kappa shape index (κ2) is 10.8. The molecule has 0 heterocycles. The van der Waals surface area contributed by atoms with Gasteiger partial charge >= 0.3 is 0 Å². The van der Waals surface area contributed by atoms with E-state index in [9.17, 15) is 0 Å². The summed E-state index contributed by atoms with van der Waals surface area (Å²) in [7, 11) is 1.67. The molecule has 0 amide bonds. The zero-order chi connectivity index (χ0) is 22.9. The summed E-state index contributed by atoms with van der Waals surface area (Å²) in [4.78, 5) is 0. The van der Waals surface area contributed by atoms with Crippen LogP contribution in [0.1, 0.15) is 28.7 Å². The van der Waals surface area contributed by atoms with Crippen LogP contribution in [-0.4, -0.2) is 20.3 Å². The molecular formula is C30H31NO2. The molecule has 0 saturated carbocycles. The van der Waals surface area contributed by atoms with Crippen LogP contribution in [0.4, 0.5) is 0 Å². The van der Waals surface area contributed by atoms with E-state index in [1.54, 1.807) is 7.11 Å². The van der Waals surface area contributed by atoms with Crippen molar-refractivity contribution in [2.75, 3.05) is 20.3 Å². The number of ether oxygens (including phenoxy) is 2. The summed E-state index contributed by atoms with van der Waals surface area (Å²) >= 11 is 0. The summed E-state index contributed by atoms with van der Waals surface area (Å²) in [5.41, 5.74) is 10.3. The maximum atomic E-state index is 6.37. The minimum atomic E-state index is -0.341. The molecule has 0 aliphatic rings. The molecule has 33 heavy (non-hydrogen) atoms. The summed E-state index contributed by atoms with van der Waals surface area (Å²) in [6.45, 7) is 1.13. The van der Waals surface area contributed by atoms with E-state index >= 15 is 0 Å². The van der Waals surface area contributed by atoms with Crippen LogP contribution in [0, 0.1) is 0 Å². The normalized spacial score (nSPS) is 11.2. The fraction of sp³-hybridized carbons (Fsp3) is 0.200. The third kappa shape index (κ3) is 4.94. The molecule has 0 atom stereocenters. The third-order valence-electron chi connectivity index (χ3n) is 6.20. The van der Waals surface area contributed by atoms with Crippen LogP contribution in [0.15, 0.2) is 109 Å². The van der Waals surface area contributed by atoms with Crippen LogP contribution in [0.5, 0.6) is 11.5 Å². The lowest BCUT2D eigenvalue weighted by Crippen LogP contribution is -2.31. The fourth-order valence-corrected chi connectivity index (χ4v) is 4.57. The van der Waals surface area contributed by atoms with E-state index in [4.69, 9.17) is 15.2 Å². The molecule has 3 heteroatoms. The van der Waals surface area contributed by atoms with Gasteiger partial charge in [-0.25, -0.2) is 0 Å². The number of hydrogen-bond donors (Lipinski definition) is 1. The standard InChI is InChI=1S/C30H31NO2/c1-32-28-18-17-24(19-21-31)23-29(28)33-22-20-30(25-11-5-2-6-12-25,26-13-7-3-8-14-26)27-15-9-4-10-16-27/h2-18,23H,19-22,31H2,1H3. The molecule has 4 aromatic carbocycles. The molecule has 3 nitrogen and oxygen atoms in total. The predicted molar refractivity (Wildman–Crippen MR) is 135 cm³/mol. The summed E-state index contributed by atoms with van der Waals surface area (Å²) in [6, 6.07) is 38.1. The van der Waals surface area contributed by atoms with Gasteiger partial charge in [0.25, 0.3) is 0 Å². The van der Waals surface area contributed by atoms with Gasteiger partial charge in [0.2, 0.25) is 0 Å². The number of hydrogen-bond acceptors (Lipinski definition) is 3. The lowest BCUT2D eigenvalue weighted by Gasteiger charge is -2.36. The van der Waals surface area contributed by atoms with Crippen molar-refractivity contribution >= 4 is 0 Å². The second-order valence-electron chi connectivity index (χ2n) is 8.13. The highest BCUT2D eigenvalue weighted by molar-refractivity contribution is 5.50. The Labute approximate surface area is 196 Å². The molecule has 0 fully saturated rings. The average Bonchev–Trinajstić information content (AvgIpc) is 2.89. The van der Waals surface area contributed by atoms with Crippen LogP contribution < -0.4 is 15.2 Å². The largest absolute Gasteiger partial charge is 0.493 e. The topological polar surface area (TPSA) is 44.5 Å². The van der Waals surface area contributed by atoms with Crippen LogP contribution >= 0.6 is 0 Å². The van der Waals surface area contributed by atoms with E-state index in [0.29, 0.717) is 13.2 Å². The van der Waals surface area contributed by atoms with Crippen molar-refractivity contribution < 1.29 is 9.47 Å². The molecule has 0 bridgehead atoms. The van der Waals surface area contributed by atoms with Gasteiger partial charge in [-0.3, -0.25) is 0 Å². The van der Waals surface area contributed by atoms with Gasteiger partial charge in [-0.15, -0.1) is 0 Å². The molecule has 0 spiro atoms. The Morgan fingerprint density at radius 1 is 0.667 bits per heavy atom. The highest BCUT2D eigenvalue weighted by Crippen LogP contribution is 2.42. The second-order valence-corrected chi connectivity index (χ2v) is 8.13. The zero-order valence-electron chi connectivity index (χ0n) is 19.1. The average molecular weight is 438 g/mol. The molecule has 168 valence electrons. The van der Waals surface area contributed by atoms with Gasteiger partial charge < -0.3 is 15.2 Å². The van der Waals surface area contributed by atoms with Gasteiger partial charge in [-0.1, -0.05) is 97.1 Å². The SMILES string of the molecule is COc1ccc(CCN)cc1OCCC(c1ccccc1)(c1ccccc1)c1ccccc1. The van der Waals surface area contributed by atoms with Crippen LogP contribution in [0.2, 0.25) is 0 Å². The van der Waals surface area contributed by atoms with Gasteiger partial charge in [0, 0.05) is 5.41 Å².